The van der Waals surface area contributed by atoms with E-state index in [4.69, 9.17) is 0 Å². The van der Waals surface area contributed by atoms with Crippen LogP contribution in [0.5, 0.6) is 0 Å². The van der Waals surface area contributed by atoms with Gasteiger partial charge in [-0.2, -0.15) is 4.31 Å². The van der Waals surface area contributed by atoms with Crippen molar-refractivity contribution >= 4 is 41.9 Å². The molecule has 0 atom stereocenters. The fourth-order valence-corrected chi connectivity index (χ4v) is 5.73. The Kier molecular flexibility index (Phi) is 4.73. The maximum atomic E-state index is 13.0. The van der Waals surface area contributed by atoms with Crippen LogP contribution in [0.4, 0.5) is 0 Å². The van der Waals surface area contributed by atoms with E-state index in [1.807, 2.05) is 30.3 Å². The van der Waals surface area contributed by atoms with Gasteiger partial charge in [-0.3, -0.25) is 0 Å². The standard InChI is InChI=1S/C16H15Br2NO2S/c17-13-6-9-16(15(18)10-13)22(20,21)19(14-7-8-14)11-12-4-2-1-3-5-12/h1-6,9-10,14H,7-8,11H2. The van der Waals surface area contributed by atoms with Crippen LogP contribution < -0.4 is 0 Å². The topological polar surface area (TPSA) is 37.4 Å². The van der Waals surface area contributed by atoms with Gasteiger partial charge in [0.25, 0.3) is 0 Å². The zero-order valence-corrected chi connectivity index (χ0v) is 15.7. The van der Waals surface area contributed by atoms with Gasteiger partial charge in [-0.05, 0) is 52.5 Å². The number of hydrogen-bond acceptors (Lipinski definition) is 2. The molecule has 1 fully saturated rings. The van der Waals surface area contributed by atoms with Crippen LogP contribution in [0.3, 0.4) is 0 Å². The van der Waals surface area contributed by atoms with Gasteiger partial charge in [0.1, 0.15) is 0 Å². The van der Waals surface area contributed by atoms with Crippen LogP contribution in [0, 0.1) is 0 Å². The van der Waals surface area contributed by atoms with Crippen molar-refractivity contribution in [2.45, 2.75) is 30.3 Å². The summed E-state index contributed by atoms with van der Waals surface area (Å²) in [4.78, 5) is 0.318. The average molecular weight is 445 g/mol. The minimum atomic E-state index is -3.52. The van der Waals surface area contributed by atoms with Crippen LogP contribution in [-0.2, 0) is 16.6 Å². The molecule has 0 amide bonds. The second-order valence-electron chi connectivity index (χ2n) is 5.34. The maximum absolute atomic E-state index is 13.0. The summed E-state index contributed by atoms with van der Waals surface area (Å²) >= 11 is 6.73. The largest absolute Gasteiger partial charge is 0.244 e. The summed E-state index contributed by atoms with van der Waals surface area (Å²) in [5.74, 6) is 0. The molecule has 3 nitrogen and oxygen atoms in total. The van der Waals surface area contributed by atoms with Gasteiger partial charge in [-0.1, -0.05) is 46.3 Å². The molecule has 0 aromatic heterocycles. The summed E-state index contributed by atoms with van der Waals surface area (Å²) in [5, 5.41) is 0. The summed E-state index contributed by atoms with van der Waals surface area (Å²) in [6.45, 7) is 0.413. The highest BCUT2D eigenvalue weighted by Crippen LogP contribution is 2.36. The van der Waals surface area contributed by atoms with Gasteiger partial charge in [0.05, 0.1) is 4.90 Å². The molecule has 22 heavy (non-hydrogen) atoms. The lowest BCUT2D eigenvalue weighted by molar-refractivity contribution is 0.398. The number of rotatable bonds is 5. The van der Waals surface area contributed by atoms with Gasteiger partial charge >= 0.3 is 0 Å². The summed E-state index contributed by atoms with van der Waals surface area (Å²) in [5.41, 5.74) is 1.01. The van der Waals surface area contributed by atoms with Crippen molar-refractivity contribution in [3.05, 3.63) is 63.0 Å². The molecule has 116 valence electrons. The van der Waals surface area contributed by atoms with E-state index in [0.717, 1.165) is 22.9 Å². The van der Waals surface area contributed by atoms with Crippen molar-refractivity contribution in [3.8, 4) is 0 Å². The van der Waals surface area contributed by atoms with Crippen LogP contribution >= 0.6 is 31.9 Å². The molecule has 1 saturated carbocycles. The highest BCUT2D eigenvalue weighted by Gasteiger charge is 2.38. The fraction of sp³-hybridized carbons (Fsp3) is 0.250. The van der Waals surface area contributed by atoms with E-state index in [0.29, 0.717) is 15.9 Å². The Balaban J connectivity index is 1.96. The zero-order valence-electron chi connectivity index (χ0n) is 11.7. The summed E-state index contributed by atoms with van der Waals surface area (Å²) in [6, 6.07) is 15.0. The third-order valence-corrected chi connectivity index (χ3v) is 6.98. The molecule has 2 aromatic rings. The molecule has 6 heteroatoms. The molecule has 1 aliphatic carbocycles. The van der Waals surface area contributed by atoms with Crippen LogP contribution in [0.25, 0.3) is 0 Å². The Labute approximate surface area is 147 Å². The first kappa shape index (κ1) is 16.2. The maximum Gasteiger partial charge on any atom is 0.244 e. The van der Waals surface area contributed by atoms with Crippen LogP contribution in [0.15, 0.2) is 62.4 Å². The molecule has 0 unspecified atom stereocenters. The van der Waals surface area contributed by atoms with Crippen molar-refractivity contribution in [1.29, 1.82) is 0 Å². The van der Waals surface area contributed by atoms with E-state index < -0.39 is 10.0 Å². The van der Waals surface area contributed by atoms with Crippen molar-refractivity contribution < 1.29 is 8.42 Å². The molecule has 2 aromatic carbocycles. The molecule has 0 aliphatic heterocycles. The lowest BCUT2D eigenvalue weighted by Gasteiger charge is -2.22. The summed E-state index contributed by atoms with van der Waals surface area (Å²) < 4.78 is 29.1. The van der Waals surface area contributed by atoms with E-state index in [1.165, 1.54) is 0 Å². The van der Waals surface area contributed by atoms with Gasteiger partial charge in [0, 0.05) is 21.5 Å². The zero-order chi connectivity index (χ0) is 15.7. The second-order valence-corrected chi connectivity index (χ2v) is 8.97. The SMILES string of the molecule is O=S(=O)(c1ccc(Br)cc1Br)N(Cc1ccccc1)C1CC1. The summed E-state index contributed by atoms with van der Waals surface area (Å²) in [7, 11) is -3.52. The Hall–Kier alpha value is -0.690. The van der Waals surface area contributed by atoms with Crippen LogP contribution in [0.2, 0.25) is 0 Å². The molecule has 0 radical (unpaired) electrons. The lowest BCUT2D eigenvalue weighted by atomic mass is 10.2. The van der Waals surface area contributed by atoms with Crippen molar-refractivity contribution in [1.82, 2.24) is 4.31 Å². The molecule has 0 heterocycles. The van der Waals surface area contributed by atoms with Gasteiger partial charge in [-0.25, -0.2) is 8.42 Å². The number of hydrogen-bond donors (Lipinski definition) is 0. The van der Waals surface area contributed by atoms with Gasteiger partial charge in [0.15, 0.2) is 0 Å². The number of sulfonamides is 1. The normalized spacial score (nSPS) is 15.2. The first-order valence-corrected chi connectivity index (χ1v) is 10.0. The van der Waals surface area contributed by atoms with Crippen molar-refractivity contribution in [2.24, 2.45) is 0 Å². The Morgan fingerprint density at radius 3 is 2.32 bits per heavy atom. The monoisotopic (exact) mass is 443 g/mol. The second kappa shape index (κ2) is 6.43. The van der Waals surface area contributed by atoms with E-state index in [2.05, 4.69) is 31.9 Å². The first-order valence-electron chi connectivity index (χ1n) is 6.99. The predicted octanol–water partition coefficient (Wildman–Crippen LogP) is 4.56. The highest BCUT2D eigenvalue weighted by atomic mass is 79.9. The molecular weight excluding hydrogens is 430 g/mol. The van der Waals surface area contributed by atoms with E-state index in [-0.39, 0.29) is 6.04 Å². The third-order valence-electron chi connectivity index (χ3n) is 3.62. The van der Waals surface area contributed by atoms with Crippen LogP contribution in [-0.4, -0.2) is 18.8 Å². The fourth-order valence-electron chi connectivity index (χ4n) is 2.35. The quantitative estimate of drug-likeness (QED) is 0.677. The number of benzene rings is 2. The van der Waals surface area contributed by atoms with Crippen LogP contribution in [0.1, 0.15) is 18.4 Å². The average Bonchev–Trinajstić information content (AvgIpc) is 3.29. The Bertz CT molecular complexity index is 774. The molecule has 0 saturated heterocycles. The molecule has 0 bridgehead atoms. The van der Waals surface area contributed by atoms with Gasteiger partial charge in [0.2, 0.25) is 10.0 Å². The lowest BCUT2D eigenvalue weighted by Crippen LogP contribution is -2.32. The van der Waals surface area contributed by atoms with Crippen molar-refractivity contribution in [3.63, 3.8) is 0 Å². The van der Waals surface area contributed by atoms with Gasteiger partial charge in [-0.15, -0.1) is 0 Å². The molecule has 0 N–H and O–H groups in total. The minimum absolute atomic E-state index is 0.112. The molecule has 1 aliphatic rings. The number of halogens is 2. The highest BCUT2D eigenvalue weighted by molar-refractivity contribution is 9.11. The smallest absolute Gasteiger partial charge is 0.207 e. The molecule has 0 spiro atoms. The van der Waals surface area contributed by atoms with E-state index in [1.54, 1.807) is 22.5 Å². The van der Waals surface area contributed by atoms with Crippen molar-refractivity contribution in [2.75, 3.05) is 0 Å². The third kappa shape index (κ3) is 3.45. The summed E-state index contributed by atoms with van der Waals surface area (Å²) in [6.07, 6.45) is 1.86. The minimum Gasteiger partial charge on any atom is -0.207 e. The van der Waals surface area contributed by atoms with Gasteiger partial charge < -0.3 is 0 Å². The number of nitrogens with zero attached hydrogens (tertiary/aromatic N) is 1. The van der Waals surface area contributed by atoms with E-state index >= 15 is 0 Å². The first-order chi connectivity index (χ1) is 10.5. The Morgan fingerprint density at radius 1 is 1.05 bits per heavy atom. The van der Waals surface area contributed by atoms with E-state index in [9.17, 15) is 8.42 Å². The Morgan fingerprint density at radius 2 is 1.73 bits per heavy atom. The molecule has 3 rings (SSSR count). The molecular formula is C16H15Br2NO2S. The predicted molar refractivity (Wildman–Crippen MR) is 94.0 cm³/mol.